The van der Waals surface area contributed by atoms with Crippen molar-refractivity contribution in [1.29, 1.82) is 0 Å². The molecule has 0 radical (unpaired) electrons. The van der Waals surface area contributed by atoms with Gasteiger partial charge in [0, 0.05) is 26.3 Å². The van der Waals surface area contributed by atoms with Crippen LogP contribution >= 0.6 is 11.6 Å². The summed E-state index contributed by atoms with van der Waals surface area (Å²) in [6.45, 7) is 3.50. The van der Waals surface area contributed by atoms with Crippen molar-refractivity contribution in [1.82, 2.24) is 14.7 Å². The molecule has 0 N–H and O–H groups in total. The van der Waals surface area contributed by atoms with Crippen LogP contribution in [0.15, 0.2) is 6.20 Å². The van der Waals surface area contributed by atoms with E-state index in [1.807, 2.05) is 14.0 Å². The number of carbonyl (C=O) groups excluding carboxylic acids is 1. The quantitative estimate of drug-likeness (QED) is 0.809. The van der Waals surface area contributed by atoms with E-state index in [1.54, 1.807) is 15.8 Å². The molecule has 88 valence electrons. The molecule has 0 aromatic carbocycles. The number of carbonyl (C=O) groups is 1. The van der Waals surface area contributed by atoms with Crippen LogP contribution in [0, 0.1) is 5.92 Å². The molecule has 1 aromatic heterocycles. The summed E-state index contributed by atoms with van der Waals surface area (Å²) < 4.78 is 1.68. The second-order valence-corrected chi connectivity index (χ2v) is 4.72. The van der Waals surface area contributed by atoms with Gasteiger partial charge in [0.05, 0.1) is 5.02 Å². The molecular formula is C11H16ClN3O. The number of hydrogen-bond donors (Lipinski definition) is 0. The third kappa shape index (κ3) is 2.38. The van der Waals surface area contributed by atoms with Gasteiger partial charge in [0.25, 0.3) is 5.91 Å². The molecule has 0 saturated heterocycles. The molecular weight excluding hydrogens is 226 g/mol. The molecule has 0 bridgehead atoms. The number of halogens is 1. The Morgan fingerprint density at radius 3 is 2.88 bits per heavy atom. The van der Waals surface area contributed by atoms with Crippen LogP contribution in [0.4, 0.5) is 0 Å². The number of aryl methyl sites for hydroxylation is 1. The molecule has 0 aliphatic heterocycles. The zero-order chi connectivity index (χ0) is 11.7. The van der Waals surface area contributed by atoms with Crippen LogP contribution in [-0.2, 0) is 6.54 Å². The Hall–Kier alpha value is -1.03. The summed E-state index contributed by atoms with van der Waals surface area (Å²) in [4.78, 5) is 13.7. The summed E-state index contributed by atoms with van der Waals surface area (Å²) >= 11 is 5.98. The van der Waals surface area contributed by atoms with E-state index in [1.165, 1.54) is 12.8 Å². The minimum absolute atomic E-state index is 0.0795. The zero-order valence-electron chi connectivity index (χ0n) is 9.61. The third-order valence-corrected chi connectivity index (χ3v) is 3.10. The lowest BCUT2D eigenvalue weighted by molar-refractivity contribution is 0.0782. The average molecular weight is 242 g/mol. The van der Waals surface area contributed by atoms with Crippen LogP contribution in [0.3, 0.4) is 0 Å². The maximum Gasteiger partial charge on any atom is 0.275 e. The molecule has 16 heavy (non-hydrogen) atoms. The molecule has 0 spiro atoms. The fourth-order valence-corrected chi connectivity index (χ4v) is 1.89. The summed E-state index contributed by atoms with van der Waals surface area (Å²) in [6, 6.07) is 0. The molecule has 2 rings (SSSR count). The van der Waals surface area contributed by atoms with Crippen LogP contribution < -0.4 is 0 Å². The van der Waals surface area contributed by atoms with E-state index in [0.29, 0.717) is 16.6 Å². The molecule has 1 heterocycles. The summed E-state index contributed by atoms with van der Waals surface area (Å²) in [5, 5.41) is 4.61. The van der Waals surface area contributed by atoms with Crippen molar-refractivity contribution >= 4 is 17.5 Å². The predicted molar refractivity (Wildman–Crippen MR) is 62.6 cm³/mol. The first-order valence-electron chi connectivity index (χ1n) is 5.60. The van der Waals surface area contributed by atoms with E-state index in [-0.39, 0.29) is 5.91 Å². The number of nitrogens with zero attached hydrogens (tertiary/aromatic N) is 3. The Labute approximate surface area is 100 Å². The molecule has 1 aromatic rings. The van der Waals surface area contributed by atoms with Crippen molar-refractivity contribution in [2.45, 2.75) is 26.3 Å². The zero-order valence-corrected chi connectivity index (χ0v) is 10.4. The van der Waals surface area contributed by atoms with E-state index >= 15 is 0 Å². The highest BCUT2D eigenvalue weighted by atomic mass is 35.5. The molecule has 1 amide bonds. The Balaban J connectivity index is 2.08. The Bertz CT molecular complexity index is 398. The summed E-state index contributed by atoms with van der Waals surface area (Å²) in [7, 11) is 1.81. The number of hydrogen-bond acceptors (Lipinski definition) is 2. The van der Waals surface area contributed by atoms with Gasteiger partial charge in [-0.2, -0.15) is 5.10 Å². The number of aromatic nitrogens is 2. The molecule has 5 heteroatoms. The molecule has 1 saturated carbocycles. The Kier molecular flexibility index (Phi) is 3.19. The van der Waals surface area contributed by atoms with Crippen molar-refractivity contribution in [3.8, 4) is 0 Å². The van der Waals surface area contributed by atoms with Gasteiger partial charge < -0.3 is 4.90 Å². The van der Waals surface area contributed by atoms with Gasteiger partial charge in [0.15, 0.2) is 5.69 Å². The highest BCUT2D eigenvalue weighted by Gasteiger charge is 2.27. The van der Waals surface area contributed by atoms with Crippen molar-refractivity contribution in [3.05, 3.63) is 16.9 Å². The minimum Gasteiger partial charge on any atom is -0.340 e. The topological polar surface area (TPSA) is 38.1 Å². The van der Waals surface area contributed by atoms with Crippen LogP contribution in [0.25, 0.3) is 0 Å². The smallest absolute Gasteiger partial charge is 0.275 e. The normalized spacial score (nSPS) is 15.2. The van der Waals surface area contributed by atoms with Crippen LogP contribution in [0.1, 0.15) is 30.3 Å². The largest absolute Gasteiger partial charge is 0.340 e. The van der Waals surface area contributed by atoms with Crippen molar-refractivity contribution in [2.75, 3.05) is 13.6 Å². The standard InChI is InChI=1S/C11H16ClN3O/c1-3-15-7-9(12)10(13-15)11(16)14(2)6-8-4-5-8/h7-8H,3-6H2,1-2H3. The van der Waals surface area contributed by atoms with Gasteiger partial charge in [-0.3, -0.25) is 9.48 Å². The monoisotopic (exact) mass is 241 g/mol. The third-order valence-electron chi connectivity index (χ3n) is 2.82. The second kappa shape index (κ2) is 4.45. The maximum atomic E-state index is 12.0. The molecule has 0 atom stereocenters. The fourth-order valence-electron chi connectivity index (χ4n) is 1.66. The van der Waals surface area contributed by atoms with Crippen molar-refractivity contribution in [3.63, 3.8) is 0 Å². The van der Waals surface area contributed by atoms with Gasteiger partial charge >= 0.3 is 0 Å². The molecule has 1 aliphatic rings. The Morgan fingerprint density at radius 2 is 2.38 bits per heavy atom. The van der Waals surface area contributed by atoms with Gasteiger partial charge in [0.2, 0.25) is 0 Å². The number of amides is 1. The molecule has 4 nitrogen and oxygen atoms in total. The van der Waals surface area contributed by atoms with Gasteiger partial charge in [-0.05, 0) is 25.7 Å². The van der Waals surface area contributed by atoms with Crippen molar-refractivity contribution < 1.29 is 4.79 Å². The predicted octanol–water partition coefficient (Wildman–Crippen LogP) is 2.04. The minimum atomic E-state index is -0.0795. The lowest BCUT2D eigenvalue weighted by Crippen LogP contribution is -2.29. The van der Waals surface area contributed by atoms with Crippen molar-refractivity contribution in [2.24, 2.45) is 5.92 Å². The summed E-state index contributed by atoms with van der Waals surface area (Å²) in [5.41, 5.74) is 0.367. The molecule has 0 unspecified atom stereocenters. The number of rotatable bonds is 4. The highest BCUT2D eigenvalue weighted by molar-refractivity contribution is 6.33. The maximum absolute atomic E-state index is 12.0. The van der Waals surface area contributed by atoms with E-state index in [9.17, 15) is 4.79 Å². The average Bonchev–Trinajstić information content (AvgIpc) is 2.99. The van der Waals surface area contributed by atoms with E-state index < -0.39 is 0 Å². The summed E-state index contributed by atoms with van der Waals surface area (Å²) in [5.74, 6) is 0.602. The highest BCUT2D eigenvalue weighted by Crippen LogP contribution is 2.29. The van der Waals surface area contributed by atoms with E-state index in [0.717, 1.165) is 13.1 Å². The van der Waals surface area contributed by atoms with E-state index in [2.05, 4.69) is 5.10 Å². The summed E-state index contributed by atoms with van der Waals surface area (Å²) in [6.07, 6.45) is 4.16. The van der Waals surface area contributed by atoms with Crippen LogP contribution in [0.5, 0.6) is 0 Å². The van der Waals surface area contributed by atoms with Gasteiger partial charge in [-0.25, -0.2) is 0 Å². The van der Waals surface area contributed by atoms with E-state index in [4.69, 9.17) is 11.6 Å². The molecule has 1 aliphatic carbocycles. The van der Waals surface area contributed by atoms with Crippen LogP contribution in [-0.4, -0.2) is 34.2 Å². The fraction of sp³-hybridized carbons (Fsp3) is 0.636. The lowest BCUT2D eigenvalue weighted by Gasteiger charge is -2.15. The van der Waals surface area contributed by atoms with Crippen LogP contribution in [0.2, 0.25) is 5.02 Å². The first kappa shape index (κ1) is 11.5. The second-order valence-electron chi connectivity index (χ2n) is 4.31. The SMILES string of the molecule is CCn1cc(Cl)c(C(=O)N(C)CC2CC2)n1. The molecule has 1 fully saturated rings. The first-order chi connectivity index (χ1) is 7.61. The van der Waals surface area contributed by atoms with Gasteiger partial charge in [0.1, 0.15) is 0 Å². The van der Waals surface area contributed by atoms with Gasteiger partial charge in [-0.1, -0.05) is 11.6 Å². The lowest BCUT2D eigenvalue weighted by atomic mass is 10.3. The van der Waals surface area contributed by atoms with Gasteiger partial charge in [-0.15, -0.1) is 0 Å². The first-order valence-corrected chi connectivity index (χ1v) is 5.98. The Morgan fingerprint density at radius 1 is 1.69 bits per heavy atom.